The van der Waals surface area contributed by atoms with Crippen LogP contribution in [0.15, 0.2) is 134 Å². The van der Waals surface area contributed by atoms with Crippen LogP contribution in [-0.2, 0) is 39.0 Å². The first-order chi connectivity index (χ1) is 22.8. The van der Waals surface area contributed by atoms with Crippen LogP contribution in [-0.4, -0.2) is 52.8 Å². The molecule has 0 radical (unpaired) electrons. The highest BCUT2D eigenvalue weighted by Crippen LogP contribution is 2.19. The van der Waals surface area contributed by atoms with E-state index < -0.39 is 0 Å². The third-order valence-corrected chi connectivity index (χ3v) is 7.68. The molecule has 46 heavy (non-hydrogen) atoms. The minimum atomic E-state index is 0.660. The van der Waals surface area contributed by atoms with Gasteiger partial charge in [-0.05, 0) is 54.6 Å². The Kier molecular flexibility index (Phi) is 10.9. The largest absolute Gasteiger partial charge is 0.291 e. The smallest absolute Gasteiger partial charge is 0.159 e. The molecule has 230 valence electrons. The number of hydrogen-bond acceptors (Lipinski definition) is 8. The SMILES string of the molecule is c1ccc(-c2nc(CN(CCc3ccccn3)Cc3ccccn3)cc(CN(CCc3ccccn3)Cc3ccccn3)n2)cc1. The van der Waals surface area contributed by atoms with Crippen molar-refractivity contribution in [3.8, 4) is 11.4 Å². The number of nitrogens with zero attached hydrogens (tertiary/aromatic N) is 8. The fourth-order valence-corrected chi connectivity index (χ4v) is 5.40. The van der Waals surface area contributed by atoms with Gasteiger partial charge in [-0.2, -0.15) is 0 Å². The average Bonchev–Trinajstić information content (AvgIpc) is 3.12. The zero-order valence-corrected chi connectivity index (χ0v) is 25.9. The van der Waals surface area contributed by atoms with Crippen molar-refractivity contribution in [2.75, 3.05) is 13.1 Å². The summed E-state index contributed by atoms with van der Waals surface area (Å²) in [4.78, 5) is 33.3. The molecule has 0 saturated heterocycles. The Morgan fingerprint density at radius 2 is 0.783 bits per heavy atom. The zero-order chi connectivity index (χ0) is 31.2. The van der Waals surface area contributed by atoms with Gasteiger partial charge in [0.2, 0.25) is 0 Å². The molecule has 0 atom stereocenters. The Hall–Kier alpha value is -5.18. The van der Waals surface area contributed by atoms with Gasteiger partial charge in [0, 0.05) is 93.8 Å². The van der Waals surface area contributed by atoms with E-state index in [1.807, 2.05) is 91.5 Å². The van der Waals surface area contributed by atoms with Crippen LogP contribution in [0.5, 0.6) is 0 Å². The molecule has 0 N–H and O–H groups in total. The van der Waals surface area contributed by atoms with Crippen molar-refractivity contribution < 1.29 is 0 Å². The van der Waals surface area contributed by atoms with Gasteiger partial charge >= 0.3 is 0 Å². The minimum absolute atomic E-state index is 0.660. The molecule has 5 aromatic heterocycles. The molecule has 0 fully saturated rings. The van der Waals surface area contributed by atoms with E-state index in [4.69, 9.17) is 9.97 Å². The molecule has 0 saturated carbocycles. The second-order valence-electron chi connectivity index (χ2n) is 11.2. The molecular formula is C38H38N8. The molecule has 0 amide bonds. The lowest BCUT2D eigenvalue weighted by Gasteiger charge is -2.24. The van der Waals surface area contributed by atoms with Gasteiger partial charge in [0.25, 0.3) is 0 Å². The highest BCUT2D eigenvalue weighted by atomic mass is 15.2. The summed E-state index contributed by atoms with van der Waals surface area (Å²) in [6.45, 7) is 4.39. The first-order valence-corrected chi connectivity index (χ1v) is 15.7. The molecule has 1 aromatic carbocycles. The molecule has 6 rings (SSSR count). The van der Waals surface area contributed by atoms with Crippen LogP contribution in [0.1, 0.15) is 34.2 Å². The van der Waals surface area contributed by atoms with Crippen molar-refractivity contribution in [1.29, 1.82) is 0 Å². The normalized spacial score (nSPS) is 11.3. The number of hydrogen-bond donors (Lipinski definition) is 0. The number of pyridine rings is 4. The first-order valence-electron chi connectivity index (χ1n) is 15.7. The lowest BCUT2D eigenvalue weighted by molar-refractivity contribution is 0.248. The van der Waals surface area contributed by atoms with Gasteiger partial charge in [-0.15, -0.1) is 0 Å². The van der Waals surface area contributed by atoms with Crippen LogP contribution in [0.2, 0.25) is 0 Å². The highest BCUT2D eigenvalue weighted by molar-refractivity contribution is 5.54. The molecule has 8 nitrogen and oxygen atoms in total. The van der Waals surface area contributed by atoms with E-state index in [2.05, 4.69) is 72.2 Å². The number of aromatic nitrogens is 6. The summed E-state index contributed by atoms with van der Waals surface area (Å²) in [5.74, 6) is 0.734. The van der Waals surface area contributed by atoms with Gasteiger partial charge in [-0.1, -0.05) is 54.6 Å². The van der Waals surface area contributed by atoms with Crippen molar-refractivity contribution in [3.63, 3.8) is 0 Å². The molecule has 0 aliphatic carbocycles. The van der Waals surface area contributed by atoms with Gasteiger partial charge in [0.05, 0.1) is 22.8 Å². The van der Waals surface area contributed by atoms with Gasteiger partial charge in [0.15, 0.2) is 5.82 Å². The van der Waals surface area contributed by atoms with E-state index in [0.717, 1.165) is 71.5 Å². The fraction of sp³-hybridized carbons (Fsp3) is 0.211. The van der Waals surface area contributed by atoms with Crippen LogP contribution in [0.4, 0.5) is 0 Å². The monoisotopic (exact) mass is 606 g/mol. The Bertz CT molecular complexity index is 1630. The summed E-state index contributed by atoms with van der Waals surface area (Å²) in [6.07, 6.45) is 9.08. The second-order valence-corrected chi connectivity index (χ2v) is 11.2. The zero-order valence-electron chi connectivity index (χ0n) is 25.9. The van der Waals surface area contributed by atoms with Crippen LogP contribution in [0, 0.1) is 0 Å². The molecular weight excluding hydrogens is 568 g/mol. The third-order valence-electron chi connectivity index (χ3n) is 7.68. The van der Waals surface area contributed by atoms with Crippen LogP contribution < -0.4 is 0 Å². The summed E-state index contributed by atoms with van der Waals surface area (Å²) < 4.78 is 0. The van der Waals surface area contributed by atoms with E-state index in [9.17, 15) is 0 Å². The summed E-state index contributed by atoms with van der Waals surface area (Å²) in [6, 6.07) is 36.7. The van der Waals surface area contributed by atoms with Gasteiger partial charge in [-0.25, -0.2) is 9.97 Å². The fourth-order valence-electron chi connectivity index (χ4n) is 5.40. The summed E-state index contributed by atoms with van der Waals surface area (Å²) in [7, 11) is 0. The van der Waals surface area contributed by atoms with Crippen LogP contribution in [0.3, 0.4) is 0 Å². The van der Waals surface area contributed by atoms with Crippen molar-refractivity contribution in [3.05, 3.63) is 168 Å². The molecule has 0 aliphatic heterocycles. The maximum absolute atomic E-state index is 5.10. The Labute approximate surface area is 270 Å². The third kappa shape index (κ3) is 9.41. The van der Waals surface area contributed by atoms with Gasteiger partial charge in [0.1, 0.15) is 0 Å². The van der Waals surface area contributed by atoms with E-state index >= 15 is 0 Å². The molecule has 0 spiro atoms. The number of benzene rings is 1. The summed E-state index contributed by atoms with van der Waals surface area (Å²) in [5.41, 5.74) is 7.14. The minimum Gasteiger partial charge on any atom is -0.291 e. The maximum Gasteiger partial charge on any atom is 0.159 e. The molecule has 5 heterocycles. The summed E-state index contributed by atoms with van der Waals surface area (Å²) >= 11 is 0. The van der Waals surface area contributed by atoms with E-state index in [1.165, 1.54) is 0 Å². The quantitative estimate of drug-likeness (QED) is 0.136. The van der Waals surface area contributed by atoms with Crippen molar-refractivity contribution in [2.45, 2.75) is 39.0 Å². The molecule has 6 aromatic rings. The molecule has 0 aliphatic rings. The predicted molar refractivity (Wildman–Crippen MR) is 180 cm³/mol. The molecule has 0 unspecified atom stereocenters. The second kappa shape index (κ2) is 16.2. The highest BCUT2D eigenvalue weighted by Gasteiger charge is 2.16. The maximum atomic E-state index is 5.10. The lowest BCUT2D eigenvalue weighted by atomic mass is 10.1. The predicted octanol–water partition coefficient (Wildman–Crippen LogP) is 6.21. The molecule has 0 bridgehead atoms. The van der Waals surface area contributed by atoms with Gasteiger partial charge < -0.3 is 0 Å². The Morgan fingerprint density at radius 3 is 1.20 bits per heavy atom. The van der Waals surface area contributed by atoms with E-state index in [0.29, 0.717) is 26.2 Å². The first kappa shape index (κ1) is 30.8. The lowest BCUT2D eigenvalue weighted by Crippen LogP contribution is -2.28. The molecule has 8 heteroatoms. The van der Waals surface area contributed by atoms with Crippen LogP contribution in [0.25, 0.3) is 11.4 Å². The van der Waals surface area contributed by atoms with Gasteiger partial charge in [-0.3, -0.25) is 29.7 Å². The summed E-state index contributed by atoms with van der Waals surface area (Å²) in [5, 5.41) is 0. The average molecular weight is 607 g/mol. The van der Waals surface area contributed by atoms with Crippen molar-refractivity contribution in [1.82, 2.24) is 39.7 Å². The van der Waals surface area contributed by atoms with Crippen molar-refractivity contribution in [2.24, 2.45) is 0 Å². The van der Waals surface area contributed by atoms with Crippen LogP contribution >= 0.6 is 0 Å². The van der Waals surface area contributed by atoms with Crippen molar-refractivity contribution >= 4 is 0 Å². The Morgan fingerprint density at radius 1 is 0.391 bits per heavy atom. The topological polar surface area (TPSA) is 83.8 Å². The van der Waals surface area contributed by atoms with E-state index in [-0.39, 0.29) is 0 Å². The van der Waals surface area contributed by atoms with E-state index in [1.54, 1.807) is 0 Å². The number of rotatable bonds is 15. The standard InChI is InChI=1S/C38H38N8/c1-2-12-31(13-3-1)38-43-36(29-45(27-34-16-6-10-22-41-34)24-18-32-14-4-8-20-39-32)26-37(44-38)30-46(28-35-17-7-11-23-42-35)25-19-33-15-5-9-21-40-33/h1-17,20-23,26H,18-19,24-25,27-30H2. The Balaban J connectivity index is 1.28.